The number of carbonyl (C=O) groups excluding carboxylic acids is 2. The van der Waals surface area contributed by atoms with Crippen molar-refractivity contribution in [2.24, 2.45) is 0 Å². The second kappa shape index (κ2) is 77.5. The Labute approximate surface area is 551 Å². The Bertz CT molecular complexity index is 1430. The van der Waals surface area contributed by atoms with Gasteiger partial charge in [-0.25, -0.2) is 0 Å². The third-order valence-corrected chi connectivity index (χ3v) is 18.9. The fraction of sp³-hybridized carbons (Fsp3) is 0.902. The minimum Gasteiger partial charge on any atom is -0.466 e. The first-order valence-electron chi connectivity index (χ1n) is 40.2. The first-order chi connectivity index (χ1) is 43.5. The molecule has 0 saturated carbocycles. The molecule has 0 fully saturated rings. The number of aliphatic hydroxyl groups excluding tert-OH is 2. The fourth-order valence-electron chi connectivity index (χ4n) is 12.8. The van der Waals surface area contributed by atoms with Crippen molar-refractivity contribution in [1.29, 1.82) is 0 Å². The summed E-state index contributed by atoms with van der Waals surface area (Å²) >= 11 is 0. The molecule has 0 aromatic heterocycles. The molecule has 0 aliphatic carbocycles. The monoisotopic (exact) mass is 1240 g/mol. The molecular formula is C82H157NO5. The largest absolute Gasteiger partial charge is 0.466 e. The van der Waals surface area contributed by atoms with E-state index < -0.39 is 12.1 Å². The van der Waals surface area contributed by atoms with Gasteiger partial charge in [0.05, 0.1) is 25.4 Å². The molecule has 0 radical (unpaired) electrons. The predicted octanol–water partition coefficient (Wildman–Crippen LogP) is 26.6. The van der Waals surface area contributed by atoms with Gasteiger partial charge in [0.1, 0.15) is 0 Å². The Morgan fingerprint density at radius 3 is 0.920 bits per heavy atom. The summed E-state index contributed by atoms with van der Waals surface area (Å²) in [6, 6.07) is -0.540. The van der Waals surface area contributed by atoms with Gasteiger partial charge in [-0.1, -0.05) is 397 Å². The van der Waals surface area contributed by atoms with Gasteiger partial charge in [-0.2, -0.15) is 0 Å². The van der Waals surface area contributed by atoms with E-state index in [4.69, 9.17) is 4.74 Å². The molecule has 6 heteroatoms. The molecule has 2 unspecified atom stereocenters. The number of nitrogens with one attached hydrogen (secondary N) is 1. The summed E-state index contributed by atoms with van der Waals surface area (Å²) in [5.41, 5.74) is 0. The summed E-state index contributed by atoms with van der Waals surface area (Å²) < 4.78 is 5.48. The van der Waals surface area contributed by atoms with Crippen LogP contribution in [0, 0.1) is 0 Å². The standard InChI is InChI=1S/C82H157NO5/c1-3-5-7-9-11-13-15-17-18-19-20-21-35-38-41-44-47-51-54-58-62-66-70-74-80(85)79(78-84)83-81(86)75-71-67-63-59-55-52-48-45-42-39-36-33-31-29-27-25-23-22-24-26-28-30-32-34-37-40-43-46-49-53-57-61-65-69-73-77-88-82(87)76-72-68-64-60-56-50-16-14-12-10-8-6-4-2/h8,10,14,16,24,26,79-80,84-85H,3-7,9,11-13,15,17-23,25,27-78H2,1-2H3,(H,83,86)/b10-8-,16-14-,26-24-. The lowest BCUT2D eigenvalue weighted by atomic mass is 10.0. The fourth-order valence-corrected chi connectivity index (χ4v) is 12.8. The molecule has 3 N–H and O–H groups in total. The molecule has 0 aromatic rings. The minimum atomic E-state index is -0.663. The highest BCUT2D eigenvalue weighted by Crippen LogP contribution is 2.20. The Hall–Kier alpha value is -1.92. The molecule has 0 saturated heterocycles. The molecule has 2 atom stereocenters. The van der Waals surface area contributed by atoms with E-state index in [0.717, 1.165) is 51.4 Å². The molecule has 0 spiro atoms. The molecule has 0 heterocycles. The first kappa shape index (κ1) is 86.1. The van der Waals surface area contributed by atoms with Crippen LogP contribution in [0.5, 0.6) is 0 Å². The highest BCUT2D eigenvalue weighted by molar-refractivity contribution is 5.76. The zero-order valence-corrected chi connectivity index (χ0v) is 59.7. The van der Waals surface area contributed by atoms with E-state index in [1.165, 1.54) is 366 Å². The van der Waals surface area contributed by atoms with E-state index >= 15 is 0 Å². The van der Waals surface area contributed by atoms with Gasteiger partial charge in [0.2, 0.25) is 5.91 Å². The zero-order valence-electron chi connectivity index (χ0n) is 59.7. The smallest absolute Gasteiger partial charge is 0.305 e. The third kappa shape index (κ3) is 73.1. The maximum Gasteiger partial charge on any atom is 0.305 e. The van der Waals surface area contributed by atoms with Crippen molar-refractivity contribution in [2.75, 3.05) is 13.2 Å². The lowest BCUT2D eigenvalue weighted by Gasteiger charge is -2.22. The number of allylic oxidation sites excluding steroid dienone is 6. The van der Waals surface area contributed by atoms with Crippen molar-refractivity contribution < 1.29 is 24.5 Å². The van der Waals surface area contributed by atoms with Crippen molar-refractivity contribution >= 4 is 11.9 Å². The lowest BCUT2D eigenvalue weighted by molar-refractivity contribution is -0.143. The van der Waals surface area contributed by atoms with Crippen LogP contribution >= 0.6 is 0 Å². The topological polar surface area (TPSA) is 95.9 Å². The zero-order chi connectivity index (χ0) is 63.5. The SMILES string of the molecule is CCC/C=C\C/C=C\CCCCCCCC(=O)OCCCCCCCCCCCCCCCC/C=C\CCCCCCCCCCCCCCCCCCCC(=O)NC(CO)C(O)CCCCCCCCCCCCCCCCCCCCCCCCC. The van der Waals surface area contributed by atoms with Gasteiger partial charge in [-0.05, 0) is 77.0 Å². The summed E-state index contributed by atoms with van der Waals surface area (Å²) in [5, 5.41) is 23.5. The molecule has 520 valence electrons. The summed E-state index contributed by atoms with van der Waals surface area (Å²) in [4.78, 5) is 24.6. The van der Waals surface area contributed by atoms with Crippen molar-refractivity contribution in [1.82, 2.24) is 5.32 Å². The summed E-state index contributed by atoms with van der Waals surface area (Å²) in [6.07, 6.45) is 101. The van der Waals surface area contributed by atoms with Crippen molar-refractivity contribution in [3.8, 4) is 0 Å². The van der Waals surface area contributed by atoms with E-state index in [0.29, 0.717) is 25.9 Å². The molecule has 0 aromatic carbocycles. The van der Waals surface area contributed by atoms with Gasteiger partial charge < -0.3 is 20.3 Å². The maximum absolute atomic E-state index is 12.6. The Balaban J connectivity index is 3.35. The second-order valence-electron chi connectivity index (χ2n) is 27.7. The molecule has 0 aliphatic heterocycles. The maximum atomic E-state index is 12.6. The van der Waals surface area contributed by atoms with Gasteiger partial charge >= 0.3 is 5.97 Å². The van der Waals surface area contributed by atoms with Gasteiger partial charge in [0.25, 0.3) is 0 Å². The van der Waals surface area contributed by atoms with Crippen LogP contribution in [0.25, 0.3) is 0 Å². The predicted molar refractivity (Wildman–Crippen MR) is 389 cm³/mol. The van der Waals surface area contributed by atoms with Crippen LogP contribution in [0.1, 0.15) is 450 Å². The number of esters is 1. The summed E-state index contributed by atoms with van der Waals surface area (Å²) in [7, 11) is 0. The van der Waals surface area contributed by atoms with Crippen LogP contribution in [-0.2, 0) is 14.3 Å². The quantitative estimate of drug-likeness (QED) is 0.0320. The van der Waals surface area contributed by atoms with Crippen LogP contribution in [0.3, 0.4) is 0 Å². The van der Waals surface area contributed by atoms with Gasteiger partial charge in [0.15, 0.2) is 0 Å². The normalized spacial score (nSPS) is 12.6. The number of hydrogen-bond donors (Lipinski definition) is 3. The van der Waals surface area contributed by atoms with Crippen molar-refractivity contribution in [3.63, 3.8) is 0 Å². The number of ether oxygens (including phenoxy) is 1. The van der Waals surface area contributed by atoms with Crippen LogP contribution < -0.4 is 5.32 Å². The van der Waals surface area contributed by atoms with E-state index in [1.807, 2.05) is 0 Å². The van der Waals surface area contributed by atoms with E-state index in [9.17, 15) is 19.8 Å². The molecule has 0 aliphatic rings. The third-order valence-electron chi connectivity index (χ3n) is 18.9. The average molecular weight is 1240 g/mol. The van der Waals surface area contributed by atoms with Crippen molar-refractivity contribution in [3.05, 3.63) is 36.5 Å². The summed E-state index contributed by atoms with van der Waals surface area (Å²) in [6.45, 7) is 4.93. The van der Waals surface area contributed by atoms with Crippen LogP contribution in [0.4, 0.5) is 0 Å². The number of amides is 1. The van der Waals surface area contributed by atoms with Gasteiger partial charge in [0, 0.05) is 12.8 Å². The Morgan fingerprint density at radius 1 is 0.318 bits per heavy atom. The Kier molecular flexibility index (Phi) is 75.8. The minimum absolute atomic E-state index is 0.00541. The van der Waals surface area contributed by atoms with E-state index in [-0.39, 0.29) is 18.5 Å². The molecule has 6 nitrogen and oxygen atoms in total. The van der Waals surface area contributed by atoms with Gasteiger partial charge in [-0.15, -0.1) is 0 Å². The molecule has 0 bridgehead atoms. The van der Waals surface area contributed by atoms with Crippen LogP contribution in [-0.4, -0.2) is 47.4 Å². The van der Waals surface area contributed by atoms with Crippen molar-refractivity contribution in [2.45, 2.75) is 463 Å². The number of aliphatic hydroxyl groups is 2. The number of hydrogen-bond acceptors (Lipinski definition) is 5. The lowest BCUT2D eigenvalue weighted by Crippen LogP contribution is -2.45. The molecule has 0 rings (SSSR count). The first-order valence-corrected chi connectivity index (χ1v) is 40.2. The number of rotatable bonds is 76. The average Bonchev–Trinajstić information content (AvgIpc) is 3.53. The number of carbonyl (C=O) groups is 2. The molecule has 88 heavy (non-hydrogen) atoms. The van der Waals surface area contributed by atoms with Crippen LogP contribution in [0.2, 0.25) is 0 Å². The number of unbranched alkanes of at least 4 members (excludes halogenated alkanes) is 59. The highest BCUT2D eigenvalue weighted by atomic mass is 16.5. The Morgan fingerprint density at radius 2 is 0.591 bits per heavy atom. The van der Waals surface area contributed by atoms with E-state index in [1.54, 1.807) is 0 Å². The van der Waals surface area contributed by atoms with Gasteiger partial charge in [-0.3, -0.25) is 9.59 Å². The van der Waals surface area contributed by atoms with Crippen LogP contribution in [0.15, 0.2) is 36.5 Å². The molecule has 1 amide bonds. The highest BCUT2D eigenvalue weighted by Gasteiger charge is 2.20. The van der Waals surface area contributed by atoms with E-state index in [2.05, 4.69) is 55.6 Å². The second-order valence-corrected chi connectivity index (χ2v) is 27.7. The molecular weight excluding hydrogens is 1080 g/mol. The summed E-state index contributed by atoms with van der Waals surface area (Å²) in [5.74, 6) is -0.0206.